The molecule has 1 aliphatic heterocycles. The molecule has 3 N–H and O–H groups in total. The standard InChI is InChI=1S/C9H13N3OS/c10-5-6-4-8(13)12-9(11-6)7-2-1-3-14-7/h4,7H,1-3,5,10H2,(H,11,12,13). The van der Waals surface area contributed by atoms with Gasteiger partial charge in [0.2, 0.25) is 0 Å². The fraction of sp³-hybridized carbons (Fsp3) is 0.556. The summed E-state index contributed by atoms with van der Waals surface area (Å²) in [5.74, 6) is 1.95. The summed E-state index contributed by atoms with van der Waals surface area (Å²) >= 11 is 1.85. The molecule has 4 nitrogen and oxygen atoms in total. The molecule has 0 aliphatic carbocycles. The minimum Gasteiger partial charge on any atom is -0.325 e. The van der Waals surface area contributed by atoms with Gasteiger partial charge in [-0.1, -0.05) is 0 Å². The highest BCUT2D eigenvalue weighted by atomic mass is 32.2. The lowest BCUT2D eigenvalue weighted by molar-refractivity contribution is 0.757. The molecule has 5 heteroatoms. The van der Waals surface area contributed by atoms with Crippen molar-refractivity contribution < 1.29 is 0 Å². The van der Waals surface area contributed by atoms with Crippen LogP contribution < -0.4 is 11.3 Å². The van der Waals surface area contributed by atoms with Gasteiger partial charge in [0.25, 0.3) is 5.56 Å². The highest BCUT2D eigenvalue weighted by Gasteiger charge is 2.20. The van der Waals surface area contributed by atoms with Crippen molar-refractivity contribution >= 4 is 11.8 Å². The summed E-state index contributed by atoms with van der Waals surface area (Å²) in [5.41, 5.74) is 6.05. The second-order valence-corrected chi connectivity index (χ2v) is 4.64. The number of aromatic nitrogens is 2. The Bertz CT molecular complexity index is 371. The van der Waals surface area contributed by atoms with Crippen LogP contribution in [0, 0.1) is 0 Å². The van der Waals surface area contributed by atoms with E-state index in [9.17, 15) is 4.79 Å². The Morgan fingerprint density at radius 3 is 3.21 bits per heavy atom. The molecular formula is C9H13N3OS. The zero-order chi connectivity index (χ0) is 9.97. The van der Waals surface area contributed by atoms with Gasteiger partial charge in [0.15, 0.2) is 0 Å². The molecule has 1 saturated heterocycles. The van der Waals surface area contributed by atoms with E-state index in [-0.39, 0.29) is 5.56 Å². The SMILES string of the molecule is NCc1cc(=O)[nH]c(C2CCCS2)n1. The number of thioether (sulfide) groups is 1. The van der Waals surface area contributed by atoms with E-state index in [4.69, 9.17) is 5.73 Å². The van der Waals surface area contributed by atoms with Gasteiger partial charge in [-0.2, -0.15) is 11.8 Å². The third-order valence-electron chi connectivity index (χ3n) is 2.26. The number of hydrogen-bond acceptors (Lipinski definition) is 4. The molecule has 0 amide bonds. The molecule has 0 bridgehead atoms. The third kappa shape index (κ3) is 1.99. The monoisotopic (exact) mass is 211 g/mol. The molecule has 1 unspecified atom stereocenters. The molecule has 0 spiro atoms. The first-order chi connectivity index (χ1) is 6.79. The second kappa shape index (κ2) is 4.14. The zero-order valence-corrected chi connectivity index (χ0v) is 8.64. The van der Waals surface area contributed by atoms with E-state index in [2.05, 4.69) is 9.97 Å². The summed E-state index contributed by atoms with van der Waals surface area (Å²) in [6.45, 7) is 0.328. The highest BCUT2D eigenvalue weighted by Crippen LogP contribution is 2.37. The van der Waals surface area contributed by atoms with E-state index in [1.54, 1.807) is 0 Å². The van der Waals surface area contributed by atoms with Crippen LogP contribution in [0.4, 0.5) is 0 Å². The van der Waals surface area contributed by atoms with Crippen molar-refractivity contribution in [1.29, 1.82) is 0 Å². The van der Waals surface area contributed by atoms with Gasteiger partial charge in [-0.3, -0.25) is 4.79 Å². The minimum absolute atomic E-state index is 0.0945. The largest absolute Gasteiger partial charge is 0.325 e. The van der Waals surface area contributed by atoms with E-state index < -0.39 is 0 Å². The fourth-order valence-corrected chi connectivity index (χ4v) is 2.80. The normalized spacial score (nSPS) is 21.4. The fourth-order valence-electron chi connectivity index (χ4n) is 1.58. The van der Waals surface area contributed by atoms with E-state index in [0.717, 1.165) is 18.0 Å². The third-order valence-corrected chi connectivity index (χ3v) is 3.64. The van der Waals surface area contributed by atoms with Gasteiger partial charge in [0, 0.05) is 12.6 Å². The van der Waals surface area contributed by atoms with Gasteiger partial charge < -0.3 is 10.7 Å². The Morgan fingerprint density at radius 1 is 1.71 bits per heavy atom. The van der Waals surface area contributed by atoms with Gasteiger partial charge in [-0.15, -0.1) is 0 Å². The smallest absolute Gasteiger partial charge is 0.251 e. The van der Waals surface area contributed by atoms with Crippen LogP contribution in [0.1, 0.15) is 29.6 Å². The van der Waals surface area contributed by atoms with Crippen molar-refractivity contribution in [3.05, 3.63) is 27.9 Å². The first-order valence-corrected chi connectivity index (χ1v) is 5.76. The van der Waals surface area contributed by atoms with Crippen LogP contribution >= 0.6 is 11.8 Å². The second-order valence-electron chi connectivity index (χ2n) is 3.33. The topological polar surface area (TPSA) is 71.8 Å². The number of rotatable bonds is 2. The zero-order valence-electron chi connectivity index (χ0n) is 7.82. The lowest BCUT2D eigenvalue weighted by atomic mass is 10.2. The predicted molar refractivity (Wildman–Crippen MR) is 57.2 cm³/mol. The van der Waals surface area contributed by atoms with Crippen LogP contribution in [0.15, 0.2) is 10.9 Å². The molecule has 76 valence electrons. The van der Waals surface area contributed by atoms with Crippen LogP contribution in [0.2, 0.25) is 0 Å². The Balaban J connectivity index is 2.32. The van der Waals surface area contributed by atoms with E-state index in [1.165, 1.54) is 12.5 Å². The first-order valence-electron chi connectivity index (χ1n) is 4.71. The number of aromatic amines is 1. The maximum atomic E-state index is 11.3. The molecule has 2 heterocycles. The predicted octanol–water partition coefficient (Wildman–Crippen LogP) is 0.797. The highest BCUT2D eigenvalue weighted by molar-refractivity contribution is 7.99. The molecule has 0 radical (unpaired) electrons. The summed E-state index contributed by atoms with van der Waals surface area (Å²) in [7, 11) is 0. The minimum atomic E-state index is -0.0945. The van der Waals surface area contributed by atoms with Crippen molar-refractivity contribution in [2.24, 2.45) is 5.73 Å². The van der Waals surface area contributed by atoms with Crippen LogP contribution in [-0.2, 0) is 6.54 Å². The lowest BCUT2D eigenvalue weighted by Gasteiger charge is -2.07. The summed E-state index contributed by atoms with van der Waals surface area (Å²) in [6.07, 6.45) is 2.30. The van der Waals surface area contributed by atoms with Crippen LogP contribution in [0.5, 0.6) is 0 Å². The van der Waals surface area contributed by atoms with E-state index in [1.807, 2.05) is 11.8 Å². The molecule has 1 aromatic heterocycles. The van der Waals surface area contributed by atoms with Crippen molar-refractivity contribution in [2.75, 3.05) is 5.75 Å². The Morgan fingerprint density at radius 2 is 2.57 bits per heavy atom. The number of H-pyrrole nitrogens is 1. The Labute approximate surface area is 86.3 Å². The molecule has 0 aromatic carbocycles. The van der Waals surface area contributed by atoms with E-state index in [0.29, 0.717) is 17.5 Å². The van der Waals surface area contributed by atoms with Crippen molar-refractivity contribution in [1.82, 2.24) is 9.97 Å². The number of nitrogens with two attached hydrogens (primary N) is 1. The van der Waals surface area contributed by atoms with Gasteiger partial charge in [0.1, 0.15) is 5.82 Å². The number of hydrogen-bond donors (Lipinski definition) is 2. The van der Waals surface area contributed by atoms with Gasteiger partial charge in [0.05, 0.1) is 10.9 Å². The van der Waals surface area contributed by atoms with Gasteiger partial charge >= 0.3 is 0 Å². The number of nitrogens with one attached hydrogen (secondary N) is 1. The molecule has 1 atom stereocenters. The summed E-state index contributed by atoms with van der Waals surface area (Å²) in [5, 5.41) is 0.356. The molecule has 0 saturated carbocycles. The van der Waals surface area contributed by atoms with Crippen LogP contribution in [0.3, 0.4) is 0 Å². The molecule has 1 aliphatic rings. The molecular weight excluding hydrogens is 198 g/mol. The maximum Gasteiger partial charge on any atom is 0.251 e. The van der Waals surface area contributed by atoms with Crippen LogP contribution in [0.25, 0.3) is 0 Å². The molecule has 14 heavy (non-hydrogen) atoms. The van der Waals surface area contributed by atoms with Gasteiger partial charge in [-0.25, -0.2) is 4.98 Å². The molecule has 1 aromatic rings. The van der Waals surface area contributed by atoms with Gasteiger partial charge in [-0.05, 0) is 18.6 Å². The van der Waals surface area contributed by atoms with Crippen molar-refractivity contribution in [3.8, 4) is 0 Å². The van der Waals surface area contributed by atoms with Crippen LogP contribution in [-0.4, -0.2) is 15.7 Å². The summed E-state index contributed by atoms with van der Waals surface area (Å²) in [4.78, 5) is 18.4. The van der Waals surface area contributed by atoms with E-state index >= 15 is 0 Å². The lowest BCUT2D eigenvalue weighted by Crippen LogP contribution is -2.15. The summed E-state index contributed by atoms with van der Waals surface area (Å²) in [6, 6.07) is 1.46. The number of nitrogens with zero attached hydrogens (tertiary/aromatic N) is 1. The van der Waals surface area contributed by atoms with Crippen molar-refractivity contribution in [3.63, 3.8) is 0 Å². The average molecular weight is 211 g/mol. The Kier molecular flexibility index (Phi) is 2.88. The molecule has 2 rings (SSSR count). The Hall–Kier alpha value is -0.810. The van der Waals surface area contributed by atoms with Crippen molar-refractivity contribution in [2.45, 2.75) is 24.6 Å². The maximum absolute atomic E-state index is 11.3. The average Bonchev–Trinajstić information content (AvgIpc) is 2.69. The first kappa shape index (κ1) is 9.73. The quantitative estimate of drug-likeness (QED) is 0.759. The summed E-state index contributed by atoms with van der Waals surface area (Å²) < 4.78 is 0. The molecule has 1 fully saturated rings.